The number of hydrogen-bond acceptors (Lipinski definition) is 8. The fourth-order valence-corrected chi connectivity index (χ4v) is 4.19. The number of benzene rings is 2. The van der Waals surface area contributed by atoms with Crippen molar-refractivity contribution in [2.75, 3.05) is 26.6 Å². The van der Waals surface area contributed by atoms with Gasteiger partial charge in [-0.1, -0.05) is 11.6 Å². The molecule has 5 rings (SSSR count). The molecule has 2 N–H and O–H groups in total. The zero-order chi connectivity index (χ0) is 28.4. The first kappa shape index (κ1) is 26.5. The number of amides is 1. The Hall–Kier alpha value is -5.10. The van der Waals surface area contributed by atoms with Gasteiger partial charge in [0.15, 0.2) is 17.1 Å². The van der Waals surface area contributed by atoms with Gasteiger partial charge in [-0.25, -0.2) is 4.68 Å². The minimum Gasteiger partial charge on any atom is -0.493 e. The lowest BCUT2D eigenvalue weighted by molar-refractivity contribution is -0.111. The summed E-state index contributed by atoms with van der Waals surface area (Å²) in [6.45, 7) is 1.76. The lowest BCUT2D eigenvalue weighted by Crippen LogP contribution is -2.18. The van der Waals surface area contributed by atoms with Gasteiger partial charge in [0, 0.05) is 17.2 Å². The summed E-state index contributed by atoms with van der Waals surface area (Å²) in [5.74, 6) is 1.33. The molecule has 3 aromatic heterocycles. The molecule has 0 radical (unpaired) electrons. The summed E-state index contributed by atoms with van der Waals surface area (Å²) in [6, 6.07) is 12.1. The lowest BCUT2D eigenvalue weighted by atomic mass is 10.1. The molecular formula is C27H24ClN7O5. The van der Waals surface area contributed by atoms with Crippen LogP contribution in [0.25, 0.3) is 28.7 Å². The molecule has 0 saturated carbocycles. The van der Waals surface area contributed by atoms with Gasteiger partial charge >= 0.3 is 0 Å². The maximum Gasteiger partial charge on any atom is 0.263 e. The van der Waals surface area contributed by atoms with E-state index in [9.17, 15) is 9.59 Å². The van der Waals surface area contributed by atoms with Crippen LogP contribution >= 0.6 is 11.6 Å². The topological polar surface area (TPSA) is 138 Å². The number of carbonyl (C=O) groups excluding carboxylic acids is 1. The SMILES string of the molecule is COc1cc(/C=C\C(=O)Nc2cc(C)nn2-c2nc3c(cnn3-c3ccc(Cl)cc3)c(=O)[nH]2)cc(OC)c1OC. The third-order valence-corrected chi connectivity index (χ3v) is 6.15. The average Bonchev–Trinajstić information content (AvgIpc) is 3.55. The largest absolute Gasteiger partial charge is 0.493 e. The quantitative estimate of drug-likeness (QED) is 0.272. The average molecular weight is 562 g/mol. The standard InChI is InChI=1S/C27H24ClN7O5/c1-15-11-22(30-23(36)10-5-16-12-20(38-2)24(40-4)21(13-16)39-3)35(33-15)27-31-25-19(26(37)32-27)14-29-34(25)18-8-6-17(28)7-9-18/h5-14H,1-4H3,(H,30,36)(H,31,32,37)/b10-5-. The number of aryl methyl sites for hydroxylation is 1. The maximum absolute atomic E-state index is 12.9. The molecule has 0 fully saturated rings. The summed E-state index contributed by atoms with van der Waals surface area (Å²) in [5, 5.41) is 12.4. The molecular weight excluding hydrogens is 538 g/mol. The first-order valence-electron chi connectivity index (χ1n) is 11.9. The molecule has 12 nitrogen and oxygen atoms in total. The van der Waals surface area contributed by atoms with Crippen molar-refractivity contribution in [3.05, 3.63) is 81.4 Å². The molecule has 40 heavy (non-hydrogen) atoms. The number of hydrogen-bond donors (Lipinski definition) is 2. The van der Waals surface area contributed by atoms with E-state index < -0.39 is 11.5 Å². The second-order valence-electron chi connectivity index (χ2n) is 8.52. The third kappa shape index (κ3) is 5.12. The second kappa shape index (κ2) is 10.9. The summed E-state index contributed by atoms with van der Waals surface area (Å²) in [6.07, 6.45) is 4.39. The highest BCUT2D eigenvalue weighted by atomic mass is 35.5. The Morgan fingerprint density at radius 2 is 1.73 bits per heavy atom. The minimum atomic E-state index is -0.440. The Labute approximate surface area is 232 Å². The van der Waals surface area contributed by atoms with Crippen LogP contribution in [0.4, 0.5) is 5.82 Å². The van der Waals surface area contributed by atoms with E-state index in [1.165, 1.54) is 43.0 Å². The molecule has 5 aromatic rings. The second-order valence-corrected chi connectivity index (χ2v) is 8.96. The summed E-state index contributed by atoms with van der Waals surface area (Å²) in [5.41, 5.74) is 1.83. The molecule has 0 unspecified atom stereocenters. The zero-order valence-electron chi connectivity index (χ0n) is 21.9. The van der Waals surface area contributed by atoms with Crippen molar-refractivity contribution in [3.8, 4) is 28.9 Å². The number of aromatic amines is 1. The Morgan fingerprint density at radius 1 is 1.02 bits per heavy atom. The van der Waals surface area contributed by atoms with Crippen LogP contribution in [0.2, 0.25) is 5.02 Å². The monoisotopic (exact) mass is 561 g/mol. The highest BCUT2D eigenvalue weighted by molar-refractivity contribution is 6.30. The maximum atomic E-state index is 12.9. The molecule has 204 valence electrons. The third-order valence-electron chi connectivity index (χ3n) is 5.89. The molecule has 0 aliphatic rings. The molecule has 0 aliphatic carbocycles. The van der Waals surface area contributed by atoms with Crippen LogP contribution in [0, 0.1) is 6.92 Å². The van der Waals surface area contributed by atoms with Gasteiger partial charge in [-0.15, -0.1) is 0 Å². The van der Waals surface area contributed by atoms with Crippen LogP contribution in [0.5, 0.6) is 17.2 Å². The van der Waals surface area contributed by atoms with Gasteiger partial charge in [-0.2, -0.15) is 19.9 Å². The highest BCUT2D eigenvalue weighted by Gasteiger charge is 2.17. The van der Waals surface area contributed by atoms with Crippen molar-refractivity contribution in [1.29, 1.82) is 0 Å². The predicted octanol–water partition coefficient (Wildman–Crippen LogP) is 3.93. The van der Waals surface area contributed by atoms with Crippen LogP contribution in [-0.2, 0) is 4.79 Å². The van der Waals surface area contributed by atoms with Crippen LogP contribution in [0.1, 0.15) is 11.3 Å². The molecule has 0 saturated heterocycles. The minimum absolute atomic E-state index is 0.102. The number of H-pyrrole nitrogens is 1. The summed E-state index contributed by atoms with van der Waals surface area (Å²) >= 11 is 6.01. The number of nitrogens with one attached hydrogen (secondary N) is 2. The van der Waals surface area contributed by atoms with Gasteiger partial charge in [0.25, 0.3) is 5.56 Å². The fourth-order valence-electron chi connectivity index (χ4n) is 4.07. The van der Waals surface area contributed by atoms with E-state index in [0.29, 0.717) is 56.1 Å². The van der Waals surface area contributed by atoms with Gasteiger partial charge in [-0.3, -0.25) is 14.6 Å². The molecule has 13 heteroatoms. The first-order chi connectivity index (χ1) is 19.3. The molecule has 3 heterocycles. The van der Waals surface area contributed by atoms with E-state index >= 15 is 0 Å². The highest BCUT2D eigenvalue weighted by Crippen LogP contribution is 2.38. The van der Waals surface area contributed by atoms with E-state index in [0.717, 1.165) is 0 Å². The van der Waals surface area contributed by atoms with E-state index in [2.05, 4.69) is 25.5 Å². The number of carbonyl (C=O) groups is 1. The van der Waals surface area contributed by atoms with E-state index in [1.54, 1.807) is 55.5 Å². The van der Waals surface area contributed by atoms with Crippen LogP contribution < -0.4 is 25.1 Å². The number of halogens is 1. The number of ether oxygens (including phenoxy) is 3. The van der Waals surface area contributed by atoms with E-state index in [4.69, 9.17) is 25.8 Å². The Morgan fingerprint density at radius 3 is 2.38 bits per heavy atom. The molecule has 0 atom stereocenters. The number of methoxy groups -OCH3 is 3. The number of aromatic nitrogens is 6. The lowest BCUT2D eigenvalue weighted by Gasteiger charge is -2.12. The Kier molecular flexibility index (Phi) is 7.25. The predicted molar refractivity (Wildman–Crippen MR) is 150 cm³/mol. The smallest absolute Gasteiger partial charge is 0.263 e. The Balaban J connectivity index is 1.46. The van der Waals surface area contributed by atoms with Crippen molar-refractivity contribution in [1.82, 2.24) is 29.5 Å². The summed E-state index contributed by atoms with van der Waals surface area (Å²) in [7, 11) is 4.54. The van der Waals surface area contributed by atoms with Crippen molar-refractivity contribution < 1.29 is 19.0 Å². The van der Waals surface area contributed by atoms with Gasteiger partial charge < -0.3 is 19.5 Å². The van der Waals surface area contributed by atoms with E-state index in [-0.39, 0.29) is 5.95 Å². The van der Waals surface area contributed by atoms with Crippen LogP contribution in [-0.4, -0.2) is 56.8 Å². The van der Waals surface area contributed by atoms with Crippen LogP contribution in [0.15, 0.2) is 59.5 Å². The van der Waals surface area contributed by atoms with E-state index in [1.807, 2.05) is 0 Å². The number of nitrogens with zero attached hydrogens (tertiary/aromatic N) is 5. The number of anilines is 1. The normalized spacial score (nSPS) is 11.2. The Bertz CT molecular complexity index is 1780. The molecule has 0 aliphatic heterocycles. The first-order valence-corrected chi connectivity index (χ1v) is 12.3. The molecule has 0 bridgehead atoms. The zero-order valence-corrected chi connectivity index (χ0v) is 22.7. The van der Waals surface area contributed by atoms with Gasteiger partial charge in [0.05, 0.1) is 38.9 Å². The van der Waals surface area contributed by atoms with Crippen molar-refractivity contribution in [3.63, 3.8) is 0 Å². The molecule has 2 aromatic carbocycles. The van der Waals surface area contributed by atoms with Gasteiger partial charge in [-0.05, 0) is 55.0 Å². The molecule has 0 spiro atoms. The van der Waals surface area contributed by atoms with Gasteiger partial charge in [0.1, 0.15) is 11.2 Å². The van der Waals surface area contributed by atoms with Crippen molar-refractivity contribution in [2.24, 2.45) is 0 Å². The van der Waals surface area contributed by atoms with Crippen molar-refractivity contribution >= 4 is 40.4 Å². The number of fused-ring (bicyclic) bond motifs is 1. The fraction of sp³-hybridized carbons (Fsp3) is 0.148. The summed E-state index contributed by atoms with van der Waals surface area (Å²) < 4.78 is 18.9. The van der Waals surface area contributed by atoms with Gasteiger partial charge in [0.2, 0.25) is 17.6 Å². The number of rotatable bonds is 8. The summed E-state index contributed by atoms with van der Waals surface area (Å²) in [4.78, 5) is 33.1. The van der Waals surface area contributed by atoms with Crippen molar-refractivity contribution in [2.45, 2.75) is 6.92 Å². The molecule has 1 amide bonds. The van der Waals surface area contributed by atoms with Crippen LogP contribution in [0.3, 0.4) is 0 Å².